The lowest BCUT2D eigenvalue weighted by Crippen LogP contribution is -2.35. The summed E-state index contributed by atoms with van der Waals surface area (Å²) in [6.45, 7) is 10.5. The molecule has 1 rings (SSSR count). The smallest absolute Gasteiger partial charge is 0.311 e. The first-order valence-electron chi connectivity index (χ1n) is 8.03. The van der Waals surface area contributed by atoms with Crippen LogP contribution in [-0.2, 0) is 14.3 Å². The first kappa shape index (κ1) is 17.4. The van der Waals surface area contributed by atoms with Crippen LogP contribution < -0.4 is 5.32 Å². The minimum absolute atomic E-state index is 0.100. The molecule has 0 spiro atoms. The van der Waals surface area contributed by atoms with E-state index in [2.05, 4.69) is 12.2 Å². The van der Waals surface area contributed by atoms with Gasteiger partial charge in [0.2, 0.25) is 0 Å². The van der Waals surface area contributed by atoms with E-state index in [0.717, 1.165) is 45.2 Å². The molecule has 0 saturated carbocycles. The summed E-state index contributed by atoms with van der Waals surface area (Å²) in [4.78, 5) is 11.9. The molecule has 0 aromatic heterocycles. The van der Waals surface area contributed by atoms with Crippen LogP contribution in [0.3, 0.4) is 0 Å². The molecule has 1 fully saturated rings. The second-order valence-electron chi connectivity index (χ2n) is 6.26. The number of rotatable bonds is 8. The van der Waals surface area contributed by atoms with Gasteiger partial charge >= 0.3 is 5.97 Å². The summed E-state index contributed by atoms with van der Waals surface area (Å²) in [5, 5.41) is 3.35. The second kappa shape index (κ2) is 8.63. The molecule has 0 radical (unpaired) electrons. The minimum Gasteiger partial charge on any atom is -0.466 e. The van der Waals surface area contributed by atoms with Crippen molar-refractivity contribution in [1.29, 1.82) is 0 Å². The van der Waals surface area contributed by atoms with Crippen LogP contribution in [0.25, 0.3) is 0 Å². The van der Waals surface area contributed by atoms with Gasteiger partial charge in [-0.1, -0.05) is 6.92 Å². The van der Waals surface area contributed by atoms with Crippen LogP contribution in [-0.4, -0.2) is 37.9 Å². The molecular weight excluding hydrogens is 254 g/mol. The van der Waals surface area contributed by atoms with E-state index in [-0.39, 0.29) is 12.1 Å². The van der Waals surface area contributed by atoms with Gasteiger partial charge in [-0.05, 0) is 66.0 Å². The van der Waals surface area contributed by atoms with Gasteiger partial charge in [-0.3, -0.25) is 4.79 Å². The Morgan fingerprint density at radius 1 is 1.30 bits per heavy atom. The lowest BCUT2D eigenvalue weighted by atomic mass is 9.86. The molecule has 0 unspecified atom stereocenters. The van der Waals surface area contributed by atoms with Gasteiger partial charge in [-0.2, -0.15) is 0 Å². The number of hydrogen-bond donors (Lipinski definition) is 1. The summed E-state index contributed by atoms with van der Waals surface area (Å²) in [7, 11) is 0. The quantitative estimate of drug-likeness (QED) is 0.697. The van der Waals surface area contributed by atoms with Gasteiger partial charge in [0.25, 0.3) is 0 Å². The molecule has 4 nitrogen and oxygen atoms in total. The van der Waals surface area contributed by atoms with Gasteiger partial charge in [0, 0.05) is 0 Å². The van der Waals surface area contributed by atoms with E-state index < -0.39 is 5.41 Å². The topological polar surface area (TPSA) is 47.6 Å². The molecule has 0 aromatic carbocycles. The lowest BCUT2D eigenvalue weighted by molar-refractivity contribution is -0.154. The Bertz CT molecular complexity index is 285. The van der Waals surface area contributed by atoms with Gasteiger partial charge in [-0.25, -0.2) is 0 Å². The molecule has 0 amide bonds. The number of hydrogen-bond acceptors (Lipinski definition) is 4. The van der Waals surface area contributed by atoms with E-state index in [0.29, 0.717) is 12.7 Å². The molecule has 0 aromatic rings. The Kier molecular flexibility index (Phi) is 7.52. The second-order valence-corrected chi connectivity index (χ2v) is 6.26. The number of piperidine rings is 1. The summed E-state index contributed by atoms with van der Waals surface area (Å²) in [5.74, 6) is -0.100. The average Bonchev–Trinajstić information content (AvgIpc) is 2.44. The normalized spacial score (nSPS) is 18.8. The van der Waals surface area contributed by atoms with Gasteiger partial charge in [-0.15, -0.1) is 0 Å². The SMILES string of the molecule is CCOC(=O)C(C)(C)CC[C@H](CC)OC1CCNCC1. The molecule has 1 aliphatic rings. The zero-order chi connectivity index (χ0) is 15.0. The Hall–Kier alpha value is -0.610. The number of carbonyl (C=O) groups excluding carboxylic acids is 1. The molecule has 1 heterocycles. The Morgan fingerprint density at radius 2 is 1.95 bits per heavy atom. The lowest BCUT2D eigenvalue weighted by Gasteiger charge is -2.29. The molecule has 1 aliphatic heterocycles. The fourth-order valence-corrected chi connectivity index (χ4v) is 2.52. The number of esters is 1. The fraction of sp³-hybridized carbons (Fsp3) is 0.938. The third kappa shape index (κ3) is 5.80. The summed E-state index contributed by atoms with van der Waals surface area (Å²) in [6, 6.07) is 0. The maximum Gasteiger partial charge on any atom is 0.311 e. The van der Waals surface area contributed by atoms with Crippen LogP contribution in [0.2, 0.25) is 0 Å². The maximum atomic E-state index is 11.9. The van der Waals surface area contributed by atoms with Crippen molar-refractivity contribution in [1.82, 2.24) is 5.32 Å². The molecule has 0 bridgehead atoms. The molecule has 20 heavy (non-hydrogen) atoms. The first-order valence-corrected chi connectivity index (χ1v) is 8.03. The minimum atomic E-state index is -0.416. The highest BCUT2D eigenvalue weighted by molar-refractivity contribution is 5.75. The van der Waals surface area contributed by atoms with Crippen molar-refractivity contribution >= 4 is 5.97 Å². The van der Waals surface area contributed by atoms with Crippen LogP contribution in [0, 0.1) is 5.41 Å². The van der Waals surface area contributed by atoms with Crippen molar-refractivity contribution in [3.8, 4) is 0 Å². The van der Waals surface area contributed by atoms with E-state index in [1.54, 1.807) is 0 Å². The highest BCUT2D eigenvalue weighted by Crippen LogP contribution is 2.27. The monoisotopic (exact) mass is 285 g/mol. The highest BCUT2D eigenvalue weighted by atomic mass is 16.5. The molecular formula is C16H31NO3. The number of nitrogens with one attached hydrogen (secondary N) is 1. The van der Waals surface area contributed by atoms with Gasteiger partial charge in [0.05, 0.1) is 24.2 Å². The van der Waals surface area contributed by atoms with Gasteiger partial charge in [0.15, 0.2) is 0 Å². The predicted molar refractivity (Wildman–Crippen MR) is 80.7 cm³/mol. The van der Waals surface area contributed by atoms with Crippen molar-refractivity contribution < 1.29 is 14.3 Å². The van der Waals surface area contributed by atoms with E-state index in [1.165, 1.54) is 0 Å². The third-order valence-corrected chi connectivity index (χ3v) is 4.05. The van der Waals surface area contributed by atoms with Crippen molar-refractivity contribution in [3.05, 3.63) is 0 Å². The summed E-state index contributed by atoms with van der Waals surface area (Å²) < 4.78 is 11.3. The zero-order valence-corrected chi connectivity index (χ0v) is 13.5. The summed E-state index contributed by atoms with van der Waals surface area (Å²) >= 11 is 0. The third-order valence-electron chi connectivity index (χ3n) is 4.05. The van der Waals surface area contributed by atoms with Crippen LogP contribution in [0.15, 0.2) is 0 Å². The predicted octanol–water partition coefficient (Wildman–Crippen LogP) is 2.90. The van der Waals surface area contributed by atoms with Crippen LogP contribution in [0.5, 0.6) is 0 Å². The molecule has 118 valence electrons. The Morgan fingerprint density at radius 3 is 2.50 bits per heavy atom. The highest BCUT2D eigenvalue weighted by Gasteiger charge is 2.30. The van der Waals surface area contributed by atoms with E-state index >= 15 is 0 Å². The number of ether oxygens (including phenoxy) is 2. The van der Waals surface area contributed by atoms with Crippen LogP contribution in [0.4, 0.5) is 0 Å². The van der Waals surface area contributed by atoms with E-state index in [9.17, 15) is 4.79 Å². The van der Waals surface area contributed by atoms with Crippen molar-refractivity contribution in [2.24, 2.45) is 5.41 Å². The summed E-state index contributed by atoms with van der Waals surface area (Å²) in [5.41, 5.74) is -0.416. The van der Waals surface area contributed by atoms with Gasteiger partial charge < -0.3 is 14.8 Å². The molecule has 1 saturated heterocycles. The van der Waals surface area contributed by atoms with Crippen molar-refractivity contribution in [2.75, 3.05) is 19.7 Å². The average molecular weight is 285 g/mol. The number of carbonyl (C=O) groups is 1. The molecule has 4 heteroatoms. The fourth-order valence-electron chi connectivity index (χ4n) is 2.52. The molecule has 1 atom stereocenters. The van der Waals surface area contributed by atoms with Crippen molar-refractivity contribution in [3.63, 3.8) is 0 Å². The standard InChI is InChI=1S/C16H31NO3/c1-5-13(20-14-8-11-17-12-9-14)7-10-16(3,4)15(18)19-6-2/h13-14,17H,5-12H2,1-4H3/t13-/m0/s1. The van der Waals surface area contributed by atoms with Crippen LogP contribution >= 0.6 is 0 Å². The Labute approximate surface area is 123 Å². The summed E-state index contributed by atoms with van der Waals surface area (Å²) in [6.07, 6.45) is 5.57. The Balaban J connectivity index is 2.37. The van der Waals surface area contributed by atoms with E-state index in [4.69, 9.17) is 9.47 Å². The molecule has 0 aliphatic carbocycles. The van der Waals surface area contributed by atoms with E-state index in [1.807, 2.05) is 20.8 Å². The zero-order valence-electron chi connectivity index (χ0n) is 13.5. The first-order chi connectivity index (χ1) is 9.49. The van der Waals surface area contributed by atoms with Gasteiger partial charge in [0.1, 0.15) is 0 Å². The molecule has 1 N–H and O–H groups in total. The van der Waals surface area contributed by atoms with Crippen LogP contribution in [0.1, 0.15) is 59.8 Å². The largest absolute Gasteiger partial charge is 0.466 e. The van der Waals surface area contributed by atoms with Crippen molar-refractivity contribution in [2.45, 2.75) is 72.0 Å². The maximum absolute atomic E-state index is 11.9.